The van der Waals surface area contributed by atoms with Crippen LogP contribution in [-0.2, 0) is 0 Å². The molecule has 3 nitrogen and oxygen atoms in total. The Bertz CT molecular complexity index is 206. The highest BCUT2D eigenvalue weighted by atomic mass is 15.3. The first-order valence-electron chi connectivity index (χ1n) is 7.30. The largest absolute Gasteiger partial charge is 0.324 e. The molecule has 1 aliphatic heterocycles. The number of nitrogens with zero attached hydrogens (tertiary/aromatic N) is 2. The molecule has 3 heteroatoms. The van der Waals surface area contributed by atoms with Crippen LogP contribution in [0, 0.1) is 0 Å². The molecule has 0 aliphatic carbocycles. The lowest BCUT2D eigenvalue weighted by atomic mass is 9.93. The SMILES string of the molecule is CCC(C)N1CCN(CC(N)(CC)CC)CC1. The highest BCUT2D eigenvalue weighted by molar-refractivity contribution is 4.87. The molecular formula is C14H31N3. The van der Waals surface area contributed by atoms with Gasteiger partial charge in [0.05, 0.1) is 0 Å². The van der Waals surface area contributed by atoms with E-state index in [0.29, 0.717) is 0 Å². The monoisotopic (exact) mass is 241 g/mol. The quantitative estimate of drug-likeness (QED) is 0.771. The Morgan fingerprint density at radius 3 is 2.00 bits per heavy atom. The van der Waals surface area contributed by atoms with Gasteiger partial charge in [0.25, 0.3) is 0 Å². The molecule has 0 aromatic carbocycles. The predicted molar refractivity (Wildman–Crippen MR) is 75.3 cm³/mol. The first-order chi connectivity index (χ1) is 8.04. The summed E-state index contributed by atoms with van der Waals surface area (Å²) in [5.74, 6) is 0. The van der Waals surface area contributed by atoms with Crippen LogP contribution in [0.1, 0.15) is 47.0 Å². The van der Waals surface area contributed by atoms with Crippen LogP contribution in [0.4, 0.5) is 0 Å². The van der Waals surface area contributed by atoms with Gasteiger partial charge in [0.2, 0.25) is 0 Å². The second-order valence-corrected chi connectivity index (χ2v) is 5.64. The van der Waals surface area contributed by atoms with E-state index in [-0.39, 0.29) is 5.54 Å². The lowest BCUT2D eigenvalue weighted by Crippen LogP contribution is -2.56. The Balaban J connectivity index is 2.37. The molecule has 1 rings (SSSR count). The zero-order valence-corrected chi connectivity index (χ0v) is 12.2. The van der Waals surface area contributed by atoms with Crippen molar-refractivity contribution >= 4 is 0 Å². The minimum atomic E-state index is 0.0263. The number of nitrogens with two attached hydrogens (primary N) is 1. The van der Waals surface area contributed by atoms with Crippen molar-refractivity contribution < 1.29 is 0 Å². The maximum atomic E-state index is 6.39. The van der Waals surface area contributed by atoms with Crippen LogP contribution in [-0.4, -0.2) is 54.1 Å². The second-order valence-electron chi connectivity index (χ2n) is 5.64. The van der Waals surface area contributed by atoms with E-state index in [0.717, 1.165) is 25.4 Å². The van der Waals surface area contributed by atoms with Crippen LogP contribution in [0.25, 0.3) is 0 Å². The van der Waals surface area contributed by atoms with E-state index in [1.807, 2.05) is 0 Å². The summed E-state index contributed by atoms with van der Waals surface area (Å²) in [6, 6.07) is 0.733. The third-order valence-corrected chi connectivity index (χ3v) is 4.57. The van der Waals surface area contributed by atoms with Gasteiger partial charge >= 0.3 is 0 Å². The standard InChI is InChI=1S/C14H31N3/c1-5-13(4)17-10-8-16(9-11-17)12-14(15,6-2)7-3/h13H,5-12,15H2,1-4H3. The van der Waals surface area contributed by atoms with Crippen molar-refractivity contribution in [2.45, 2.75) is 58.5 Å². The van der Waals surface area contributed by atoms with Crippen molar-refractivity contribution in [3.05, 3.63) is 0 Å². The number of rotatable bonds is 6. The summed E-state index contributed by atoms with van der Waals surface area (Å²) in [5.41, 5.74) is 6.42. The van der Waals surface area contributed by atoms with E-state index in [1.165, 1.54) is 32.6 Å². The van der Waals surface area contributed by atoms with Gasteiger partial charge in [-0.3, -0.25) is 9.80 Å². The summed E-state index contributed by atoms with van der Waals surface area (Å²) in [4.78, 5) is 5.15. The number of piperazine rings is 1. The summed E-state index contributed by atoms with van der Waals surface area (Å²) in [6.45, 7) is 14.9. The molecule has 102 valence electrons. The van der Waals surface area contributed by atoms with E-state index >= 15 is 0 Å². The molecule has 17 heavy (non-hydrogen) atoms. The molecule has 0 radical (unpaired) electrons. The molecule has 1 saturated heterocycles. The second kappa shape index (κ2) is 6.72. The Morgan fingerprint density at radius 1 is 1.06 bits per heavy atom. The normalized spacial score (nSPS) is 21.7. The van der Waals surface area contributed by atoms with Crippen LogP contribution in [0.15, 0.2) is 0 Å². The smallest absolute Gasteiger partial charge is 0.0278 e. The molecule has 2 N–H and O–H groups in total. The Labute approximate surface area is 107 Å². The Kier molecular flexibility index (Phi) is 5.90. The highest BCUT2D eigenvalue weighted by Gasteiger charge is 2.27. The van der Waals surface area contributed by atoms with E-state index in [1.54, 1.807) is 0 Å². The van der Waals surface area contributed by atoms with Gasteiger partial charge in [-0.15, -0.1) is 0 Å². The molecule has 1 atom stereocenters. The third kappa shape index (κ3) is 4.23. The lowest BCUT2D eigenvalue weighted by Gasteiger charge is -2.41. The molecule has 0 saturated carbocycles. The van der Waals surface area contributed by atoms with Crippen LogP contribution in [0.5, 0.6) is 0 Å². The zero-order chi connectivity index (χ0) is 12.9. The van der Waals surface area contributed by atoms with E-state index < -0.39 is 0 Å². The average Bonchev–Trinajstić information content (AvgIpc) is 2.38. The third-order valence-electron chi connectivity index (χ3n) is 4.57. The highest BCUT2D eigenvalue weighted by Crippen LogP contribution is 2.16. The zero-order valence-electron chi connectivity index (χ0n) is 12.2. The maximum Gasteiger partial charge on any atom is 0.0278 e. The predicted octanol–water partition coefficient (Wildman–Crippen LogP) is 1.92. The van der Waals surface area contributed by atoms with Gasteiger partial charge in [-0.05, 0) is 26.2 Å². The summed E-state index contributed by atoms with van der Waals surface area (Å²) >= 11 is 0. The van der Waals surface area contributed by atoms with Crippen molar-refractivity contribution in [2.75, 3.05) is 32.7 Å². The van der Waals surface area contributed by atoms with Crippen molar-refractivity contribution in [1.82, 2.24) is 9.80 Å². The van der Waals surface area contributed by atoms with E-state index in [9.17, 15) is 0 Å². The number of hydrogen-bond donors (Lipinski definition) is 1. The van der Waals surface area contributed by atoms with Gasteiger partial charge in [-0.25, -0.2) is 0 Å². The van der Waals surface area contributed by atoms with Crippen molar-refractivity contribution in [2.24, 2.45) is 5.73 Å². The molecule has 1 unspecified atom stereocenters. The molecule has 0 bridgehead atoms. The van der Waals surface area contributed by atoms with Gasteiger partial charge < -0.3 is 5.73 Å². The van der Waals surface area contributed by atoms with Crippen LogP contribution in [0.2, 0.25) is 0 Å². The van der Waals surface area contributed by atoms with E-state index in [2.05, 4.69) is 37.5 Å². The van der Waals surface area contributed by atoms with E-state index in [4.69, 9.17) is 5.73 Å². The Morgan fingerprint density at radius 2 is 1.59 bits per heavy atom. The Hall–Kier alpha value is -0.120. The van der Waals surface area contributed by atoms with Crippen LogP contribution >= 0.6 is 0 Å². The van der Waals surface area contributed by atoms with Crippen LogP contribution in [0.3, 0.4) is 0 Å². The summed E-state index contributed by atoms with van der Waals surface area (Å²) < 4.78 is 0. The fourth-order valence-corrected chi connectivity index (χ4v) is 2.54. The molecular weight excluding hydrogens is 210 g/mol. The fourth-order valence-electron chi connectivity index (χ4n) is 2.54. The first-order valence-corrected chi connectivity index (χ1v) is 7.30. The topological polar surface area (TPSA) is 32.5 Å². The molecule has 1 aliphatic rings. The van der Waals surface area contributed by atoms with Crippen molar-refractivity contribution in [1.29, 1.82) is 0 Å². The van der Waals surface area contributed by atoms with Gasteiger partial charge in [0.1, 0.15) is 0 Å². The first kappa shape index (κ1) is 14.9. The van der Waals surface area contributed by atoms with Crippen molar-refractivity contribution in [3.63, 3.8) is 0 Å². The van der Waals surface area contributed by atoms with Gasteiger partial charge in [-0.2, -0.15) is 0 Å². The minimum Gasteiger partial charge on any atom is -0.324 e. The van der Waals surface area contributed by atoms with Gasteiger partial charge in [0, 0.05) is 44.3 Å². The summed E-state index contributed by atoms with van der Waals surface area (Å²) in [5, 5.41) is 0. The molecule has 0 aromatic heterocycles. The molecule has 0 aromatic rings. The van der Waals surface area contributed by atoms with Crippen molar-refractivity contribution in [3.8, 4) is 0 Å². The number of hydrogen-bond acceptors (Lipinski definition) is 3. The van der Waals surface area contributed by atoms with Crippen LogP contribution < -0.4 is 5.73 Å². The maximum absolute atomic E-state index is 6.39. The molecule has 0 spiro atoms. The van der Waals surface area contributed by atoms with Gasteiger partial charge in [0.15, 0.2) is 0 Å². The van der Waals surface area contributed by atoms with Gasteiger partial charge in [-0.1, -0.05) is 20.8 Å². The minimum absolute atomic E-state index is 0.0263. The molecule has 0 amide bonds. The average molecular weight is 241 g/mol. The summed E-state index contributed by atoms with van der Waals surface area (Å²) in [7, 11) is 0. The molecule has 1 heterocycles. The fraction of sp³-hybridized carbons (Fsp3) is 1.00. The lowest BCUT2D eigenvalue weighted by molar-refractivity contribution is 0.0830. The summed E-state index contributed by atoms with van der Waals surface area (Å²) in [6.07, 6.45) is 3.41. The molecule has 1 fully saturated rings.